The summed E-state index contributed by atoms with van der Waals surface area (Å²) in [6, 6.07) is 16.4. The number of thioether (sulfide) groups is 1. The lowest BCUT2D eigenvalue weighted by molar-refractivity contribution is 0.201. The van der Waals surface area contributed by atoms with Gasteiger partial charge in [0.25, 0.3) is 0 Å². The Morgan fingerprint density at radius 3 is 2.49 bits per heavy atom. The summed E-state index contributed by atoms with van der Waals surface area (Å²) in [4.78, 5) is 12.6. The number of hydrogen-bond acceptors (Lipinski definition) is 8. The van der Waals surface area contributed by atoms with E-state index in [1.165, 1.54) is 11.8 Å². The second kappa shape index (κ2) is 11.8. The molecule has 3 N–H and O–H groups in total. The van der Waals surface area contributed by atoms with Gasteiger partial charge in [-0.1, -0.05) is 42.4 Å². The zero-order valence-electron chi connectivity index (χ0n) is 19.9. The summed E-state index contributed by atoms with van der Waals surface area (Å²) in [5.74, 6) is 2.23. The molecule has 0 amide bonds. The van der Waals surface area contributed by atoms with Gasteiger partial charge < -0.3 is 20.0 Å². The second-order valence-corrected chi connectivity index (χ2v) is 9.16. The standard InChI is InChI=1S/C27H22ClN5O3S/c1-3-22-21(32-26(36-22)17-4-8-18(28)9-5-17)15-37-27-20(14-29)23(24(31-2)25(30)33-27)16-6-10-19(11-7-16)35-13-12-34/h4-11,34H,3,12-13,15H2,1H3,(H2,30,33). The fraction of sp³-hybridized carbons (Fsp3) is 0.185. The summed E-state index contributed by atoms with van der Waals surface area (Å²) in [5.41, 5.74) is 9.14. The number of rotatable bonds is 9. The van der Waals surface area contributed by atoms with Gasteiger partial charge >= 0.3 is 0 Å². The molecule has 186 valence electrons. The quantitative estimate of drug-likeness (QED) is 0.191. The van der Waals surface area contributed by atoms with Crippen LogP contribution in [0.25, 0.3) is 27.4 Å². The number of hydrogen-bond donors (Lipinski definition) is 2. The Balaban J connectivity index is 1.68. The highest BCUT2D eigenvalue weighted by molar-refractivity contribution is 7.98. The Morgan fingerprint density at radius 2 is 1.86 bits per heavy atom. The average Bonchev–Trinajstić information content (AvgIpc) is 3.34. The molecule has 0 fully saturated rings. The van der Waals surface area contributed by atoms with Crippen molar-refractivity contribution in [3.05, 3.63) is 82.0 Å². The van der Waals surface area contributed by atoms with Gasteiger partial charge in [-0.25, -0.2) is 14.8 Å². The lowest BCUT2D eigenvalue weighted by Gasteiger charge is -2.13. The second-order valence-electron chi connectivity index (χ2n) is 7.76. The largest absolute Gasteiger partial charge is 0.491 e. The van der Waals surface area contributed by atoms with E-state index in [1.54, 1.807) is 36.4 Å². The van der Waals surface area contributed by atoms with Crippen LogP contribution in [0.4, 0.5) is 11.5 Å². The number of halogens is 1. The molecule has 0 spiro atoms. The van der Waals surface area contributed by atoms with Gasteiger partial charge in [0.1, 0.15) is 35.0 Å². The first-order valence-electron chi connectivity index (χ1n) is 11.3. The van der Waals surface area contributed by atoms with E-state index in [9.17, 15) is 5.26 Å². The number of aliphatic hydroxyl groups is 1. The van der Waals surface area contributed by atoms with Gasteiger partial charge in [0, 0.05) is 28.3 Å². The van der Waals surface area contributed by atoms with E-state index >= 15 is 0 Å². The smallest absolute Gasteiger partial charge is 0.236 e. The fourth-order valence-corrected chi connectivity index (χ4v) is 4.76. The zero-order chi connectivity index (χ0) is 26.4. The molecule has 2 heterocycles. The molecule has 4 rings (SSSR count). The van der Waals surface area contributed by atoms with Gasteiger partial charge in [-0.2, -0.15) is 5.26 Å². The molecule has 0 bridgehead atoms. The molecule has 8 nitrogen and oxygen atoms in total. The van der Waals surface area contributed by atoms with E-state index in [2.05, 4.69) is 20.9 Å². The number of anilines is 1. The molecule has 0 saturated carbocycles. The van der Waals surface area contributed by atoms with Gasteiger partial charge in [-0.05, 0) is 42.0 Å². The number of nitrogen functional groups attached to an aromatic ring is 1. The van der Waals surface area contributed by atoms with Crippen LogP contribution in [0.3, 0.4) is 0 Å². The van der Waals surface area contributed by atoms with Gasteiger partial charge in [0.05, 0.1) is 24.4 Å². The van der Waals surface area contributed by atoms with Gasteiger partial charge in [0.2, 0.25) is 11.6 Å². The highest BCUT2D eigenvalue weighted by Gasteiger charge is 2.22. The minimum absolute atomic E-state index is 0.0461. The number of benzene rings is 2. The summed E-state index contributed by atoms with van der Waals surface area (Å²) >= 11 is 7.31. The van der Waals surface area contributed by atoms with Gasteiger partial charge in [-0.3, -0.25) is 0 Å². The molecule has 0 saturated heterocycles. The molecule has 4 aromatic rings. The van der Waals surface area contributed by atoms with E-state index in [0.717, 1.165) is 17.0 Å². The number of nitrogens with two attached hydrogens (primary N) is 1. The molecule has 0 aliphatic heterocycles. The Hall–Kier alpha value is -4.02. The Morgan fingerprint density at radius 1 is 1.16 bits per heavy atom. The highest BCUT2D eigenvalue weighted by Crippen LogP contribution is 2.42. The van der Waals surface area contributed by atoms with Crippen molar-refractivity contribution < 1.29 is 14.3 Å². The Labute approximate surface area is 223 Å². The van der Waals surface area contributed by atoms with Gasteiger partial charge in [0.15, 0.2) is 0 Å². The number of nitrogens with zero attached hydrogens (tertiary/aromatic N) is 4. The number of aromatic nitrogens is 2. The fourth-order valence-electron chi connectivity index (χ4n) is 3.68. The third-order valence-electron chi connectivity index (χ3n) is 5.43. The normalized spacial score (nSPS) is 10.6. The van der Waals surface area contributed by atoms with Crippen molar-refractivity contribution in [2.24, 2.45) is 0 Å². The maximum atomic E-state index is 10.1. The van der Waals surface area contributed by atoms with Crippen LogP contribution in [0.15, 0.2) is 58.0 Å². The summed E-state index contributed by atoms with van der Waals surface area (Å²) in [6.45, 7) is 9.69. The van der Waals surface area contributed by atoms with E-state index < -0.39 is 0 Å². The molecule has 0 unspecified atom stereocenters. The molecule has 37 heavy (non-hydrogen) atoms. The number of aliphatic hydroxyl groups excluding tert-OH is 1. The summed E-state index contributed by atoms with van der Waals surface area (Å²) in [6.07, 6.45) is 0.643. The molecule has 0 atom stereocenters. The molecule has 2 aromatic heterocycles. The summed E-state index contributed by atoms with van der Waals surface area (Å²) in [7, 11) is 0. The summed E-state index contributed by atoms with van der Waals surface area (Å²) < 4.78 is 11.4. The number of ether oxygens (including phenoxy) is 1. The van der Waals surface area contributed by atoms with Crippen LogP contribution in [0.1, 0.15) is 23.9 Å². The molecule has 2 aromatic carbocycles. The first-order valence-corrected chi connectivity index (χ1v) is 12.7. The average molecular weight is 532 g/mol. The lowest BCUT2D eigenvalue weighted by atomic mass is 10.00. The topological polar surface area (TPSA) is 123 Å². The van der Waals surface area contributed by atoms with Crippen molar-refractivity contribution in [3.63, 3.8) is 0 Å². The lowest BCUT2D eigenvalue weighted by Crippen LogP contribution is -2.02. The molecule has 10 heteroatoms. The van der Waals surface area contributed by atoms with E-state index in [-0.39, 0.29) is 30.3 Å². The predicted octanol–water partition coefficient (Wildman–Crippen LogP) is 6.29. The molecular formula is C27H22ClN5O3S. The van der Waals surface area contributed by atoms with Crippen LogP contribution in [0.2, 0.25) is 5.02 Å². The molecule has 0 aliphatic rings. The first-order chi connectivity index (χ1) is 18.0. The molecular weight excluding hydrogens is 510 g/mol. The number of nitriles is 1. The molecule has 0 radical (unpaired) electrons. The summed E-state index contributed by atoms with van der Waals surface area (Å²) in [5, 5.41) is 20.1. The SMILES string of the molecule is [C-]#[N+]c1c(N)nc(SCc2nc(-c3ccc(Cl)cc3)oc2CC)c(C#N)c1-c1ccc(OCCO)cc1. The van der Waals surface area contributed by atoms with E-state index in [4.69, 9.17) is 38.2 Å². The van der Waals surface area contributed by atoms with Crippen molar-refractivity contribution in [1.29, 1.82) is 5.26 Å². The van der Waals surface area contributed by atoms with E-state index in [0.29, 0.717) is 45.0 Å². The van der Waals surface area contributed by atoms with Crippen LogP contribution in [0, 0.1) is 17.9 Å². The van der Waals surface area contributed by atoms with Gasteiger partial charge in [-0.15, -0.1) is 0 Å². The van der Waals surface area contributed by atoms with Crippen LogP contribution in [-0.4, -0.2) is 28.3 Å². The maximum absolute atomic E-state index is 10.1. The molecule has 0 aliphatic carbocycles. The van der Waals surface area contributed by atoms with Crippen LogP contribution < -0.4 is 10.5 Å². The zero-order valence-corrected chi connectivity index (χ0v) is 21.4. The van der Waals surface area contributed by atoms with Crippen molar-refractivity contribution in [1.82, 2.24) is 9.97 Å². The minimum atomic E-state index is -0.101. The van der Waals surface area contributed by atoms with Crippen molar-refractivity contribution >= 4 is 34.9 Å². The first kappa shape index (κ1) is 26.1. The minimum Gasteiger partial charge on any atom is -0.491 e. The maximum Gasteiger partial charge on any atom is 0.236 e. The Bertz CT molecular complexity index is 1490. The number of pyridine rings is 1. The third kappa shape index (κ3) is 5.71. The van der Waals surface area contributed by atoms with Crippen molar-refractivity contribution in [2.45, 2.75) is 24.1 Å². The Kier molecular flexibility index (Phi) is 8.32. The third-order valence-corrected chi connectivity index (χ3v) is 6.67. The van der Waals surface area contributed by atoms with Crippen LogP contribution >= 0.6 is 23.4 Å². The predicted molar refractivity (Wildman–Crippen MR) is 144 cm³/mol. The number of oxazole rings is 1. The van der Waals surface area contributed by atoms with Crippen molar-refractivity contribution in [3.8, 4) is 34.4 Å². The van der Waals surface area contributed by atoms with E-state index in [1.807, 2.05) is 19.1 Å². The van der Waals surface area contributed by atoms with Crippen molar-refractivity contribution in [2.75, 3.05) is 18.9 Å². The van der Waals surface area contributed by atoms with Crippen LogP contribution in [-0.2, 0) is 12.2 Å². The van der Waals surface area contributed by atoms with Crippen LogP contribution in [0.5, 0.6) is 5.75 Å². The number of aryl methyl sites for hydroxylation is 1. The highest BCUT2D eigenvalue weighted by atomic mass is 35.5. The monoisotopic (exact) mass is 531 g/mol.